The molecule has 2 saturated heterocycles. The second kappa shape index (κ2) is 7.97. The lowest BCUT2D eigenvalue weighted by atomic mass is 10.1. The SMILES string of the molecule is [B][P+]1(O)OCC2OC(n3ccc(N)nc3=O)C(OC(=O)c3ccccc3NC)[C@@H]2O1. The number of hydrogen-bond acceptors (Lipinski definition) is 10. The zero-order valence-corrected chi connectivity index (χ0v) is 16.8. The molecule has 0 saturated carbocycles. The minimum absolute atomic E-state index is 0.0324. The van der Waals surface area contributed by atoms with Gasteiger partial charge in [0.25, 0.3) is 0 Å². The topological polar surface area (TPSA) is 147 Å². The summed E-state index contributed by atoms with van der Waals surface area (Å²) in [5.41, 5.74) is 5.68. The number of hydrogen-bond donors (Lipinski definition) is 3. The van der Waals surface area contributed by atoms with Crippen molar-refractivity contribution in [3.8, 4) is 0 Å². The lowest BCUT2D eigenvalue weighted by Gasteiger charge is -2.29. The molecule has 4 unspecified atom stereocenters. The monoisotopic (exact) mass is 433 g/mol. The molecule has 11 nitrogen and oxygen atoms in total. The van der Waals surface area contributed by atoms with E-state index in [1.165, 1.54) is 12.3 Å². The number of esters is 1. The largest absolute Gasteiger partial charge is 0.488 e. The summed E-state index contributed by atoms with van der Waals surface area (Å²) in [6.07, 6.45) is -2.52. The summed E-state index contributed by atoms with van der Waals surface area (Å²) in [4.78, 5) is 39.0. The number of nitrogen functional groups attached to an aromatic ring is 1. The van der Waals surface area contributed by atoms with E-state index in [-0.39, 0.29) is 18.0 Å². The Morgan fingerprint density at radius 2 is 2.20 bits per heavy atom. The molecule has 0 amide bonds. The van der Waals surface area contributed by atoms with Crippen LogP contribution in [0.2, 0.25) is 0 Å². The molecule has 4 rings (SSSR count). The van der Waals surface area contributed by atoms with Crippen molar-refractivity contribution in [2.45, 2.75) is 24.5 Å². The molecule has 2 aromatic rings. The van der Waals surface area contributed by atoms with Gasteiger partial charge >= 0.3 is 27.0 Å². The smallest absolute Gasteiger partial charge is 0.451 e. The fourth-order valence-corrected chi connectivity index (χ4v) is 4.42. The van der Waals surface area contributed by atoms with Gasteiger partial charge in [-0.15, -0.1) is 0 Å². The number of fused-ring (bicyclic) bond motifs is 1. The molecule has 0 spiro atoms. The van der Waals surface area contributed by atoms with Crippen LogP contribution in [0.1, 0.15) is 16.6 Å². The molecule has 13 heteroatoms. The number of ether oxygens (including phenoxy) is 2. The highest BCUT2D eigenvalue weighted by Crippen LogP contribution is 2.58. The maximum Gasteiger partial charge on any atom is 0.488 e. The number of nitrogens with two attached hydrogens (primary N) is 1. The lowest BCUT2D eigenvalue weighted by molar-refractivity contribution is -0.0641. The van der Waals surface area contributed by atoms with Crippen molar-refractivity contribution in [3.05, 3.63) is 52.6 Å². The Labute approximate surface area is 173 Å². The molecule has 2 radical (unpaired) electrons. The van der Waals surface area contributed by atoms with Crippen LogP contribution in [0.25, 0.3) is 0 Å². The van der Waals surface area contributed by atoms with Gasteiger partial charge < -0.3 is 20.5 Å². The van der Waals surface area contributed by atoms with Crippen LogP contribution < -0.4 is 16.7 Å². The van der Waals surface area contributed by atoms with Crippen LogP contribution in [0.3, 0.4) is 0 Å². The summed E-state index contributed by atoms with van der Waals surface area (Å²) in [7, 11) is 3.69. The van der Waals surface area contributed by atoms with Crippen molar-refractivity contribution in [2.24, 2.45) is 0 Å². The van der Waals surface area contributed by atoms with Gasteiger partial charge in [0.05, 0.1) is 5.56 Å². The Balaban J connectivity index is 1.69. The quantitative estimate of drug-likeness (QED) is 0.348. The van der Waals surface area contributed by atoms with Gasteiger partial charge in [0.15, 0.2) is 18.4 Å². The van der Waals surface area contributed by atoms with Crippen molar-refractivity contribution >= 4 is 32.9 Å². The van der Waals surface area contributed by atoms with Crippen LogP contribution in [0.15, 0.2) is 41.3 Å². The van der Waals surface area contributed by atoms with Crippen molar-refractivity contribution in [3.63, 3.8) is 0 Å². The highest BCUT2D eigenvalue weighted by molar-refractivity contribution is 7.85. The number of rotatable bonds is 4. The third-order valence-electron chi connectivity index (χ3n) is 4.77. The number of aromatic nitrogens is 2. The fraction of sp³-hybridized carbons (Fsp3) is 0.353. The van der Waals surface area contributed by atoms with Gasteiger partial charge in [0, 0.05) is 18.9 Å². The van der Waals surface area contributed by atoms with Gasteiger partial charge in [-0.1, -0.05) is 12.1 Å². The van der Waals surface area contributed by atoms with Crippen LogP contribution in [0.5, 0.6) is 0 Å². The van der Waals surface area contributed by atoms with E-state index in [4.69, 9.17) is 31.8 Å². The van der Waals surface area contributed by atoms with Gasteiger partial charge in [-0.2, -0.15) is 14.0 Å². The Morgan fingerprint density at radius 1 is 1.43 bits per heavy atom. The second-order valence-corrected chi connectivity index (χ2v) is 8.30. The summed E-state index contributed by atoms with van der Waals surface area (Å²) in [6.45, 7) is -0.0970. The second-order valence-electron chi connectivity index (χ2n) is 6.70. The highest BCUT2D eigenvalue weighted by atomic mass is 31.2. The highest BCUT2D eigenvalue weighted by Gasteiger charge is 2.59. The Hall–Kier alpha value is -2.50. The van der Waals surface area contributed by atoms with Crippen molar-refractivity contribution in [1.29, 1.82) is 0 Å². The molecule has 2 aliphatic rings. The first-order valence-electron chi connectivity index (χ1n) is 9.00. The number of nitrogens with one attached hydrogen (secondary N) is 1. The van der Waals surface area contributed by atoms with Crippen LogP contribution in [-0.2, 0) is 18.5 Å². The maximum absolute atomic E-state index is 12.9. The number of para-hydroxylation sites is 1. The fourth-order valence-electron chi connectivity index (χ4n) is 3.39. The molecule has 4 N–H and O–H groups in total. The van der Waals surface area contributed by atoms with E-state index in [9.17, 15) is 14.5 Å². The van der Waals surface area contributed by atoms with E-state index in [0.717, 1.165) is 4.57 Å². The van der Waals surface area contributed by atoms with E-state index < -0.39 is 44.0 Å². The summed E-state index contributed by atoms with van der Waals surface area (Å²) in [6, 6.07) is 8.16. The summed E-state index contributed by atoms with van der Waals surface area (Å²) >= 11 is 0. The first kappa shape index (κ1) is 20.8. The third-order valence-corrected chi connectivity index (χ3v) is 5.83. The minimum Gasteiger partial charge on any atom is -0.451 e. The van der Waals surface area contributed by atoms with Gasteiger partial charge in [-0.05, 0) is 18.2 Å². The van der Waals surface area contributed by atoms with E-state index in [0.29, 0.717) is 5.69 Å². The average molecular weight is 433 g/mol. The van der Waals surface area contributed by atoms with Crippen LogP contribution in [0, 0.1) is 0 Å². The normalized spacial score (nSPS) is 30.5. The first-order chi connectivity index (χ1) is 14.3. The number of benzene rings is 1. The molecule has 0 bridgehead atoms. The minimum atomic E-state index is -3.62. The van der Waals surface area contributed by atoms with E-state index >= 15 is 0 Å². The van der Waals surface area contributed by atoms with Crippen molar-refractivity contribution in [1.82, 2.24) is 9.55 Å². The number of nitrogens with zero attached hydrogens (tertiary/aromatic N) is 2. The molecule has 2 aliphatic heterocycles. The maximum atomic E-state index is 12.9. The molecule has 1 aromatic carbocycles. The van der Waals surface area contributed by atoms with Crippen LogP contribution in [0.4, 0.5) is 11.5 Å². The molecule has 0 aliphatic carbocycles. The summed E-state index contributed by atoms with van der Waals surface area (Å²) < 4.78 is 23.3. The molecule has 30 heavy (non-hydrogen) atoms. The van der Waals surface area contributed by atoms with Gasteiger partial charge in [-0.3, -0.25) is 4.57 Å². The Bertz CT molecular complexity index is 1020. The number of anilines is 2. The van der Waals surface area contributed by atoms with E-state index in [1.807, 2.05) is 0 Å². The number of carbonyl (C=O) groups excluding carboxylic acids is 1. The molecule has 1 aromatic heterocycles. The van der Waals surface area contributed by atoms with Crippen molar-refractivity contribution < 1.29 is 28.2 Å². The van der Waals surface area contributed by atoms with Gasteiger partial charge in [0.1, 0.15) is 18.5 Å². The molecular formula is C17H19BN4O7P+. The molecule has 3 heterocycles. The lowest BCUT2D eigenvalue weighted by Crippen LogP contribution is -2.43. The first-order valence-corrected chi connectivity index (χ1v) is 10.6. The standard InChI is InChI=1S/C17H19BN4O7P/c1-20-10-5-3-2-4-9(10)16(23)28-14-13-11(8-26-30(18,25)29-13)27-15(14)22-7-6-12(19)21-17(22)24/h2-7,11,13-15,20,25H,8H2,1H3,(H2,19,21,24)/q+1/t11?,13-,14?,15?,30?/m1/s1. The summed E-state index contributed by atoms with van der Waals surface area (Å²) in [5.74, 6) is -0.644. The Morgan fingerprint density at radius 3 is 2.93 bits per heavy atom. The molecule has 2 fully saturated rings. The average Bonchev–Trinajstić information content (AvgIpc) is 3.04. The third kappa shape index (κ3) is 3.92. The number of carbonyl (C=O) groups is 1. The summed E-state index contributed by atoms with van der Waals surface area (Å²) in [5, 5.41) is 2.91. The van der Waals surface area contributed by atoms with Crippen molar-refractivity contribution in [2.75, 3.05) is 24.7 Å². The van der Waals surface area contributed by atoms with E-state index in [1.54, 1.807) is 31.3 Å². The van der Waals surface area contributed by atoms with Gasteiger partial charge in [0.2, 0.25) is 0 Å². The van der Waals surface area contributed by atoms with Gasteiger partial charge in [-0.25, -0.2) is 14.5 Å². The predicted molar refractivity (Wildman–Crippen MR) is 108 cm³/mol. The van der Waals surface area contributed by atoms with Crippen LogP contribution >= 0.6 is 7.82 Å². The Kier molecular flexibility index (Phi) is 5.52. The zero-order valence-electron chi connectivity index (χ0n) is 15.9. The van der Waals surface area contributed by atoms with E-state index in [2.05, 4.69) is 10.3 Å². The van der Waals surface area contributed by atoms with Crippen LogP contribution in [-0.4, -0.2) is 59.9 Å². The molecule has 156 valence electrons. The predicted octanol–water partition coefficient (Wildman–Crippen LogP) is 0.244. The zero-order chi connectivity index (χ0) is 21.5. The molecule has 5 atom stereocenters. The molecular weight excluding hydrogens is 414 g/mol.